The van der Waals surface area contributed by atoms with E-state index in [0.717, 1.165) is 16.7 Å². The van der Waals surface area contributed by atoms with Crippen molar-refractivity contribution in [2.75, 3.05) is 19.8 Å². The fourth-order valence-electron chi connectivity index (χ4n) is 2.88. The van der Waals surface area contributed by atoms with Crippen molar-refractivity contribution in [3.8, 4) is 11.5 Å². The van der Waals surface area contributed by atoms with Crippen molar-refractivity contribution in [3.63, 3.8) is 0 Å². The number of carbonyl (C=O) groups excluding carboxylic acids is 2. The lowest BCUT2D eigenvalue weighted by molar-refractivity contribution is -0.124. The second-order valence-corrected chi connectivity index (χ2v) is 6.52. The minimum Gasteiger partial charge on any atom is -0.486 e. The molecule has 1 atom stereocenters. The molecule has 2 aromatic carbocycles. The van der Waals surface area contributed by atoms with E-state index in [1.54, 1.807) is 12.1 Å². The van der Waals surface area contributed by atoms with Gasteiger partial charge >= 0.3 is 5.97 Å². The van der Waals surface area contributed by atoms with Gasteiger partial charge in [0.1, 0.15) is 13.2 Å². The van der Waals surface area contributed by atoms with Crippen molar-refractivity contribution in [1.29, 1.82) is 0 Å². The van der Waals surface area contributed by atoms with Crippen molar-refractivity contribution in [3.05, 3.63) is 58.7 Å². The Hall–Kier alpha value is -3.02. The normalized spacial score (nSPS) is 13.6. The van der Waals surface area contributed by atoms with Gasteiger partial charge in [-0.05, 0) is 55.7 Å². The lowest BCUT2D eigenvalue weighted by Gasteiger charge is -2.21. The summed E-state index contributed by atoms with van der Waals surface area (Å²) in [5.41, 5.74) is 3.21. The number of amides is 1. The van der Waals surface area contributed by atoms with Gasteiger partial charge in [-0.15, -0.1) is 0 Å². The minimum absolute atomic E-state index is 0.257. The predicted molar refractivity (Wildman–Crippen MR) is 100 cm³/mol. The Balaban J connectivity index is 1.56. The van der Waals surface area contributed by atoms with Crippen LogP contribution in [0.4, 0.5) is 0 Å². The van der Waals surface area contributed by atoms with Crippen LogP contribution in [-0.4, -0.2) is 31.7 Å². The Morgan fingerprint density at radius 2 is 1.85 bits per heavy atom. The zero-order valence-corrected chi connectivity index (χ0v) is 15.7. The van der Waals surface area contributed by atoms with Gasteiger partial charge in [-0.25, -0.2) is 4.79 Å². The van der Waals surface area contributed by atoms with E-state index in [1.165, 1.54) is 0 Å². The van der Waals surface area contributed by atoms with Gasteiger partial charge in [-0.2, -0.15) is 0 Å². The number of fused-ring (bicyclic) bond motifs is 1. The number of ether oxygens (including phenoxy) is 3. The average molecular weight is 369 g/mol. The minimum atomic E-state index is -0.502. The van der Waals surface area contributed by atoms with E-state index < -0.39 is 5.97 Å². The molecule has 1 amide bonds. The molecule has 3 rings (SSSR count). The number of hydrogen-bond donors (Lipinski definition) is 1. The first-order valence-electron chi connectivity index (χ1n) is 8.88. The number of esters is 1. The standard InChI is InChI=1S/C21H23NO5/c1-13-5-4-6-17(14(13)2)21(24)27-12-20(23)22-15(3)16-7-8-18-19(11-16)26-10-9-25-18/h4-8,11,15H,9-10,12H2,1-3H3,(H,22,23). The molecule has 0 radical (unpaired) electrons. The van der Waals surface area contributed by atoms with Crippen molar-refractivity contribution in [1.82, 2.24) is 5.32 Å². The van der Waals surface area contributed by atoms with E-state index in [0.29, 0.717) is 30.3 Å². The van der Waals surface area contributed by atoms with Gasteiger partial charge < -0.3 is 19.5 Å². The smallest absolute Gasteiger partial charge is 0.338 e. The van der Waals surface area contributed by atoms with E-state index in [9.17, 15) is 9.59 Å². The van der Waals surface area contributed by atoms with Gasteiger partial charge in [0.05, 0.1) is 11.6 Å². The van der Waals surface area contributed by atoms with Crippen LogP contribution in [0.5, 0.6) is 11.5 Å². The van der Waals surface area contributed by atoms with Crippen LogP contribution in [-0.2, 0) is 9.53 Å². The SMILES string of the molecule is Cc1cccc(C(=O)OCC(=O)NC(C)c2ccc3c(c2)OCCO3)c1C. The molecule has 27 heavy (non-hydrogen) atoms. The van der Waals surface area contributed by atoms with E-state index in [4.69, 9.17) is 14.2 Å². The molecule has 0 aromatic heterocycles. The van der Waals surface area contributed by atoms with Crippen molar-refractivity contribution in [2.24, 2.45) is 0 Å². The maximum atomic E-state index is 12.2. The molecule has 1 unspecified atom stereocenters. The summed E-state index contributed by atoms with van der Waals surface area (Å²) in [6, 6.07) is 10.7. The number of hydrogen-bond acceptors (Lipinski definition) is 5. The summed E-state index contributed by atoms with van der Waals surface area (Å²) < 4.78 is 16.2. The van der Waals surface area contributed by atoms with Gasteiger partial charge in [-0.1, -0.05) is 18.2 Å². The number of benzene rings is 2. The molecule has 6 heteroatoms. The lowest BCUT2D eigenvalue weighted by atomic mass is 10.0. The predicted octanol–water partition coefficient (Wildman–Crippen LogP) is 3.11. The van der Waals surface area contributed by atoms with Crippen molar-refractivity contribution >= 4 is 11.9 Å². The fourth-order valence-corrected chi connectivity index (χ4v) is 2.88. The summed E-state index contributed by atoms with van der Waals surface area (Å²) in [5.74, 6) is 0.501. The molecule has 142 valence electrons. The van der Waals surface area contributed by atoms with Gasteiger partial charge in [0.2, 0.25) is 0 Å². The van der Waals surface area contributed by atoms with Gasteiger partial charge in [0.15, 0.2) is 18.1 Å². The van der Waals surface area contributed by atoms with E-state index in [2.05, 4.69) is 5.32 Å². The third-order valence-electron chi connectivity index (χ3n) is 4.60. The summed E-state index contributed by atoms with van der Waals surface area (Å²) in [5, 5.41) is 2.82. The molecule has 1 N–H and O–H groups in total. The third-order valence-corrected chi connectivity index (χ3v) is 4.60. The van der Waals surface area contributed by atoms with Crippen LogP contribution in [0.25, 0.3) is 0 Å². The molecule has 0 aliphatic carbocycles. The van der Waals surface area contributed by atoms with Crippen LogP contribution in [0.15, 0.2) is 36.4 Å². The van der Waals surface area contributed by atoms with E-state index in [-0.39, 0.29) is 18.6 Å². The molecule has 0 saturated heterocycles. The molecule has 2 aromatic rings. The van der Waals surface area contributed by atoms with Crippen LogP contribution in [0.3, 0.4) is 0 Å². The zero-order valence-electron chi connectivity index (χ0n) is 15.7. The molecule has 0 fully saturated rings. The van der Waals surface area contributed by atoms with Gasteiger partial charge in [0, 0.05) is 0 Å². The molecule has 1 aliphatic heterocycles. The first-order chi connectivity index (χ1) is 13.0. The third kappa shape index (κ3) is 4.39. The first kappa shape index (κ1) is 18.8. The van der Waals surface area contributed by atoms with Crippen LogP contribution >= 0.6 is 0 Å². The number of nitrogens with one attached hydrogen (secondary N) is 1. The second kappa shape index (κ2) is 8.12. The Labute approximate surface area is 158 Å². The van der Waals surface area contributed by atoms with Crippen LogP contribution in [0, 0.1) is 13.8 Å². The molecule has 1 aliphatic rings. The zero-order chi connectivity index (χ0) is 19.4. The molecule has 0 spiro atoms. The van der Waals surface area contributed by atoms with Crippen molar-refractivity contribution < 1.29 is 23.8 Å². The molecule has 0 bridgehead atoms. The summed E-state index contributed by atoms with van der Waals surface area (Å²) in [7, 11) is 0. The summed E-state index contributed by atoms with van der Waals surface area (Å²) >= 11 is 0. The molecule has 6 nitrogen and oxygen atoms in total. The van der Waals surface area contributed by atoms with Gasteiger partial charge in [-0.3, -0.25) is 4.79 Å². The highest BCUT2D eigenvalue weighted by atomic mass is 16.6. The number of rotatable bonds is 5. The quantitative estimate of drug-likeness (QED) is 0.820. The molecular weight excluding hydrogens is 346 g/mol. The topological polar surface area (TPSA) is 73.9 Å². The van der Waals surface area contributed by atoms with E-state index in [1.807, 2.05) is 45.0 Å². The summed E-state index contributed by atoms with van der Waals surface area (Å²) in [6.45, 7) is 6.34. The Morgan fingerprint density at radius 1 is 1.11 bits per heavy atom. The second-order valence-electron chi connectivity index (χ2n) is 6.52. The molecule has 0 saturated carbocycles. The fraction of sp³-hybridized carbons (Fsp3) is 0.333. The Bertz CT molecular complexity index is 862. The Morgan fingerprint density at radius 3 is 2.63 bits per heavy atom. The van der Waals surface area contributed by atoms with Crippen molar-refractivity contribution in [2.45, 2.75) is 26.8 Å². The maximum absolute atomic E-state index is 12.2. The van der Waals surface area contributed by atoms with E-state index >= 15 is 0 Å². The summed E-state index contributed by atoms with van der Waals surface area (Å²) in [4.78, 5) is 24.4. The largest absolute Gasteiger partial charge is 0.486 e. The molecular formula is C21H23NO5. The number of aryl methyl sites for hydroxylation is 1. The lowest BCUT2D eigenvalue weighted by Crippen LogP contribution is -2.31. The number of carbonyl (C=O) groups is 2. The first-order valence-corrected chi connectivity index (χ1v) is 8.88. The van der Waals surface area contributed by atoms with Crippen LogP contribution in [0.1, 0.15) is 40.0 Å². The molecule has 1 heterocycles. The highest BCUT2D eigenvalue weighted by Crippen LogP contribution is 2.32. The highest BCUT2D eigenvalue weighted by molar-refractivity contribution is 5.93. The van der Waals surface area contributed by atoms with Gasteiger partial charge in [0.25, 0.3) is 5.91 Å². The highest BCUT2D eigenvalue weighted by Gasteiger charge is 2.17. The average Bonchev–Trinajstić information content (AvgIpc) is 2.67. The Kier molecular flexibility index (Phi) is 5.64. The summed E-state index contributed by atoms with van der Waals surface area (Å²) in [6.07, 6.45) is 0. The maximum Gasteiger partial charge on any atom is 0.338 e. The monoisotopic (exact) mass is 369 g/mol. The van der Waals surface area contributed by atoms with Crippen LogP contribution in [0.2, 0.25) is 0 Å². The van der Waals surface area contributed by atoms with Crippen LogP contribution < -0.4 is 14.8 Å².